The number of carbonyl (C=O) groups is 1. The zero-order valence-electron chi connectivity index (χ0n) is 13.0. The van der Waals surface area contributed by atoms with E-state index in [1.807, 2.05) is 32.9 Å². The molecule has 20 heavy (non-hydrogen) atoms. The van der Waals surface area contributed by atoms with Crippen LogP contribution < -0.4 is 4.74 Å². The number of Topliss-reactive ketones (excluding diaryl/α,β-unsaturated/α-hetero) is 1. The summed E-state index contributed by atoms with van der Waals surface area (Å²) in [5.41, 5.74) is 2.87. The minimum atomic E-state index is 0.0552. The molecule has 1 aliphatic heterocycles. The molecule has 1 atom stereocenters. The van der Waals surface area contributed by atoms with Crippen molar-refractivity contribution in [1.29, 1.82) is 0 Å². The second kappa shape index (κ2) is 6.40. The van der Waals surface area contributed by atoms with Gasteiger partial charge in [-0.15, -0.1) is 0 Å². The lowest BCUT2D eigenvalue weighted by Gasteiger charge is -2.20. The van der Waals surface area contributed by atoms with Gasteiger partial charge in [-0.1, -0.05) is 6.92 Å². The minimum Gasteiger partial charge on any atom is -0.496 e. The molecule has 0 radical (unpaired) electrons. The third-order valence-electron chi connectivity index (χ3n) is 4.19. The average molecular weight is 275 g/mol. The van der Waals surface area contributed by atoms with Crippen LogP contribution >= 0.6 is 0 Å². The minimum absolute atomic E-state index is 0.0552. The lowest BCUT2D eigenvalue weighted by atomic mass is 9.93. The molecular formula is C17H25NO2. The molecular weight excluding hydrogens is 250 g/mol. The van der Waals surface area contributed by atoms with Gasteiger partial charge in [-0.2, -0.15) is 0 Å². The first-order valence-corrected chi connectivity index (χ1v) is 7.44. The van der Waals surface area contributed by atoms with Gasteiger partial charge in [0.1, 0.15) is 5.75 Å². The number of rotatable bonds is 5. The lowest BCUT2D eigenvalue weighted by molar-refractivity contribution is 0.0902. The number of hydrogen-bond donors (Lipinski definition) is 0. The van der Waals surface area contributed by atoms with Crippen molar-refractivity contribution < 1.29 is 9.53 Å². The number of ketones is 1. The summed E-state index contributed by atoms with van der Waals surface area (Å²) in [7, 11) is 1.67. The molecule has 0 aliphatic carbocycles. The Hall–Kier alpha value is -1.35. The normalized spacial score (nSPS) is 17.2. The van der Waals surface area contributed by atoms with E-state index in [9.17, 15) is 4.79 Å². The Morgan fingerprint density at radius 2 is 1.90 bits per heavy atom. The second-order valence-electron chi connectivity index (χ2n) is 5.91. The highest BCUT2D eigenvalue weighted by atomic mass is 16.5. The third-order valence-corrected chi connectivity index (χ3v) is 4.19. The maximum atomic E-state index is 12.6. The van der Waals surface area contributed by atoms with Gasteiger partial charge < -0.3 is 9.64 Å². The lowest BCUT2D eigenvalue weighted by Crippen LogP contribution is -2.29. The molecule has 1 unspecified atom stereocenters. The van der Waals surface area contributed by atoms with Crippen molar-refractivity contribution in [3.05, 3.63) is 28.8 Å². The van der Waals surface area contributed by atoms with Crippen molar-refractivity contribution in [1.82, 2.24) is 4.90 Å². The van der Waals surface area contributed by atoms with Gasteiger partial charge in [-0.05, 0) is 63.0 Å². The number of methoxy groups -OCH3 is 1. The van der Waals surface area contributed by atoms with Crippen LogP contribution in [0.1, 0.15) is 41.3 Å². The number of carbonyl (C=O) groups excluding carboxylic acids is 1. The molecule has 0 saturated carbocycles. The van der Waals surface area contributed by atoms with Crippen molar-refractivity contribution in [2.24, 2.45) is 5.92 Å². The molecule has 2 rings (SSSR count). The summed E-state index contributed by atoms with van der Waals surface area (Å²) in [6.45, 7) is 9.16. The predicted octanol–water partition coefficient (Wildman–Crippen LogP) is 3.23. The smallest absolute Gasteiger partial charge is 0.167 e. The van der Waals surface area contributed by atoms with Crippen LogP contribution in [0.3, 0.4) is 0 Å². The van der Waals surface area contributed by atoms with Gasteiger partial charge in [0, 0.05) is 18.0 Å². The Balaban J connectivity index is 2.13. The van der Waals surface area contributed by atoms with Crippen LogP contribution in [0.15, 0.2) is 12.1 Å². The second-order valence-corrected chi connectivity index (χ2v) is 5.91. The van der Waals surface area contributed by atoms with E-state index in [2.05, 4.69) is 4.90 Å². The molecule has 0 N–H and O–H groups in total. The van der Waals surface area contributed by atoms with Gasteiger partial charge in [0.25, 0.3) is 0 Å². The fraction of sp³-hybridized carbons (Fsp3) is 0.588. The van der Waals surface area contributed by atoms with Crippen molar-refractivity contribution in [3.8, 4) is 5.75 Å². The van der Waals surface area contributed by atoms with E-state index in [1.165, 1.54) is 12.8 Å². The van der Waals surface area contributed by atoms with Crippen LogP contribution in [0.2, 0.25) is 0 Å². The van der Waals surface area contributed by atoms with Crippen LogP contribution in [-0.2, 0) is 0 Å². The fourth-order valence-electron chi connectivity index (χ4n) is 2.98. The van der Waals surface area contributed by atoms with E-state index in [1.54, 1.807) is 7.11 Å². The predicted molar refractivity (Wildman–Crippen MR) is 81.6 cm³/mol. The van der Waals surface area contributed by atoms with Gasteiger partial charge >= 0.3 is 0 Å². The number of ether oxygens (including phenoxy) is 1. The van der Waals surface area contributed by atoms with Gasteiger partial charge in [0.05, 0.1) is 7.11 Å². The molecule has 3 nitrogen and oxygen atoms in total. The van der Waals surface area contributed by atoms with E-state index in [4.69, 9.17) is 4.74 Å². The van der Waals surface area contributed by atoms with Gasteiger partial charge in [-0.3, -0.25) is 4.79 Å². The van der Waals surface area contributed by atoms with Crippen LogP contribution in [0, 0.1) is 19.8 Å². The number of aryl methyl sites for hydroxylation is 2. The van der Waals surface area contributed by atoms with Gasteiger partial charge in [0.15, 0.2) is 5.78 Å². The number of nitrogens with zero attached hydrogens (tertiary/aromatic N) is 1. The zero-order chi connectivity index (χ0) is 14.7. The van der Waals surface area contributed by atoms with Crippen LogP contribution in [-0.4, -0.2) is 37.4 Å². The summed E-state index contributed by atoms with van der Waals surface area (Å²) >= 11 is 0. The Labute approximate surface area is 121 Å². The molecule has 110 valence electrons. The molecule has 3 heteroatoms. The van der Waals surface area contributed by atoms with Gasteiger partial charge in [-0.25, -0.2) is 0 Å². The third kappa shape index (κ3) is 3.21. The average Bonchev–Trinajstić information content (AvgIpc) is 2.92. The van der Waals surface area contributed by atoms with Crippen molar-refractivity contribution in [3.63, 3.8) is 0 Å². The van der Waals surface area contributed by atoms with Crippen molar-refractivity contribution >= 4 is 5.78 Å². The SMILES string of the molecule is COc1cc(C)c(C(=O)C(C)CN2CCCC2)cc1C. The molecule has 0 bridgehead atoms. The van der Waals surface area contributed by atoms with E-state index in [-0.39, 0.29) is 11.7 Å². The molecule has 0 aromatic heterocycles. The highest BCUT2D eigenvalue weighted by Gasteiger charge is 2.22. The maximum absolute atomic E-state index is 12.6. The topological polar surface area (TPSA) is 29.5 Å². The van der Waals surface area contributed by atoms with E-state index < -0.39 is 0 Å². The molecule has 1 aromatic carbocycles. The van der Waals surface area contributed by atoms with Crippen molar-refractivity contribution in [2.45, 2.75) is 33.6 Å². The summed E-state index contributed by atoms with van der Waals surface area (Å²) in [6.07, 6.45) is 2.53. The highest BCUT2D eigenvalue weighted by Crippen LogP contribution is 2.25. The van der Waals surface area contributed by atoms with Crippen molar-refractivity contribution in [2.75, 3.05) is 26.7 Å². The van der Waals surface area contributed by atoms with E-state index in [0.717, 1.165) is 42.1 Å². The summed E-state index contributed by atoms with van der Waals surface area (Å²) in [5, 5.41) is 0. The fourth-order valence-corrected chi connectivity index (χ4v) is 2.98. The summed E-state index contributed by atoms with van der Waals surface area (Å²) in [6, 6.07) is 3.93. The summed E-state index contributed by atoms with van der Waals surface area (Å²) in [5.74, 6) is 1.16. The monoisotopic (exact) mass is 275 g/mol. The Bertz CT molecular complexity index is 490. The zero-order valence-corrected chi connectivity index (χ0v) is 13.0. The molecule has 1 aliphatic rings. The first kappa shape index (κ1) is 15.0. The first-order valence-electron chi connectivity index (χ1n) is 7.44. The van der Waals surface area contributed by atoms with Gasteiger partial charge in [0.2, 0.25) is 0 Å². The first-order chi connectivity index (χ1) is 9.52. The molecule has 1 heterocycles. The molecule has 0 amide bonds. The van der Waals surface area contributed by atoms with Crippen LogP contribution in [0.5, 0.6) is 5.75 Å². The summed E-state index contributed by atoms with van der Waals surface area (Å²) in [4.78, 5) is 15.0. The van der Waals surface area contributed by atoms with E-state index in [0.29, 0.717) is 0 Å². The molecule has 0 spiro atoms. The Kier molecular flexibility index (Phi) is 4.81. The molecule has 1 saturated heterocycles. The summed E-state index contributed by atoms with van der Waals surface area (Å²) < 4.78 is 5.31. The van der Waals surface area contributed by atoms with Crippen LogP contribution in [0.4, 0.5) is 0 Å². The highest BCUT2D eigenvalue weighted by molar-refractivity contribution is 5.99. The Morgan fingerprint density at radius 1 is 1.25 bits per heavy atom. The molecule has 1 aromatic rings. The van der Waals surface area contributed by atoms with E-state index >= 15 is 0 Å². The standard InChI is InChI=1S/C17H25NO2/c1-12-10-16(20-4)13(2)9-15(12)17(19)14(3)11-18-7-5-6-8-18/h9-10,14H,5-8,11H2,1-4H3. The maximum Gasteiger partial charge on any atom is 0.167 e. The van der Waals surface area contributed by atoms with Crippen LogP contribution in [0.25, 0.3) is 0 Å². The quantitative estimate of drug-likeness (QED) is 0.773. The largest absolute Gasteiger partial charge is 0.496 e. The number of likely N-dealkylation sites (tertiary alicyclic amines) is 1. The Morgan fingerprint density at radius 3 is 2.50 bits per heavy atom. The molecule has 1 fully saturated rings. The number of hydrogen-bond acceptors (Lipinski definition) is 3. The number of benzene rings is 1.